The number of Topliss-reactive ketones (excluding diaryl/α,β-unsaturated/α-hetero) is 1. The van der Waals surface area contributed by atoms with Crippen LogP contribution in [0, 0.1) is 10.9 Å². The van der Waals surface area contributed by atoms with Gasteiger partial charge < -0.3 is 10.1 Å². The number of rotatable bonds is 5. The van der Waals surface area contributed by atoms with Gasteiger partial charge in [-0.3, -0.25) is 9.59 Å². The van der Waals surface area contributed by atoms with E-state index in [1.165, 1.54) is 30.3 Å². The molecule has 0 radical (unpaired) electrons. The lowest BCUT2D eigenvalue weighted by Gasteiger charge is -2.28. The van der Waals surface area contributed by atoms with E-state index in [2.05, 4.69) is 5.32 Å². The van der Waals surface area contributed by atoms with Crippen LogP contribution in [0.3, 0.4) is 0 Å². The number of nitrogens with one attached hydrogen (secondary N) is 1. The molecular formula is C26H16F3NO3S. The molecule has 1 aliphatic heterocycles. The molecule has 1 atom stereocenters. The van der Waals surface area contributed by atoms with Gasteiger partial charge in [0, 0.05) is 22.8 Å². The first kappa shape index (κ1) is 21.9. The Labute approximate surface area is 196 Å². The summed E-state index contributed by atoms with van der Waals surface area (Å²) in [4.78, 5) is 26.0. The quantitative estimate of drug-likeness (QED) is 0.343. The highest BCUT2D eigenvalue weighted by Gasteiger charge is 2.54. The molecule has 34 heavy (non-hydrogen) atoms. The fraction of sp³-hybridized carbons (Fsp3) is 0.0769. The van der Waals surface area contributed by atoms with E-state index in [-0.39, 0.29) is 39.6 Å². The molecule has 0 saturated carbocycles. The largest absolute Gasteiger partial charge is 0.488 e. The summed E-state index contributed by atoms with van der Waals surface area (Å²) in [5, 5.41) is 1.39. The van der Waals surface area contributed by atoms with Gasteiger partial charge in [-0.15, -0.1) is 0 Å². The number of thiophene rings is 1. The summed E-state index contributed by atoms with van der Waals surface area (Å²) in [5.74, 6) is -3.02. The van der Waals surface area contributed by atoms with Crippen molar-refractivity contribution in [2.24, 2.45) is 0 Å². The maximum atomic E-state index is 16.0. The number of carbonyl (C=O) groups excluding carboxylic acids is 2. The molecule has 1 amide bonds. The number of hydrogen-bond acceptors (Lipinski definition) is 4. The molecule has 0 saturated heterocycles. The van der Waals surface area contributed by atoms with Gasteiger partial charge in [0.1, 0.15) is 23.2 Å². The highest BCUT2D eigenvalue weighted by atomic mass is 32.1. The molecule has 1 aliphatic rings. The van der Waals surface area contributed by atoms with Crippen molar-refractivity contribution < 1.29 is 27.5 Å². The Hall–Kier alpha value is -3.91. The summed E-state index contributed by atoms with van der Waals surface area (Å²) < 4.78 is 51.1. The SMILES string of the molecule is O=C1Nc2sc(F)c(-c3ccc(F)cc3OCc3ccccc3)c2C(=O)C1(F)c1ccccc1. The Morgan fingerprint density at radius 2 is 1.56 bits per heavy atom. The van der Waals surface area contributed by atoms with Gasteiger partial charge in [-0.2, -0.15) is 4.39 Å². The molecule has 3 aromatic carbocycles. The van der Waals surface area contributed by atoms with Crippen LogP contribution in [0.2, 0.25) is 0 Å². The second-order valence-corrected chi connectivity index (χ2v) is 8.65. The third-order valence-corrected chi connectivity index (χ3v) is 6.46. The van der Waals surface area contributed by atoms with Crippen LogP contribution in [0.15, 0.2) is 78.9 Å². The monoisotopic (exact) mass is 479 g/mol. The lowest BCUT2D eigenvalue weighted by molar-refractivity contribution is -0.125. The van der Waals surface area contributed by atoms with Crippen molar-refractivity contribution in [1.82, 2.24) is 0 Å². The van der Waals surface area contributed by atoms with Crippen LogP contribution in [0.1, 0.15) is 21.5 Å². The van der Waals surface area contributed by atoms with Crippen molar-refractivity contribution in [3.8, 4) is 16.9 Å². The van der Waals surface area contributed by atoms with Crippen molar-refractivity contribution in [3.05, 3.63) is 107 Å². The van der Waals surface area contributed by atoms with E-state index in [0.717, 1.165) is 17.7 Å². The molecule has 1 N–H and O–H groups in total. The number of halogens is 3. The molecule has 1 aromatic heterocycles. The molecule has 2 heterocycles. The fourth-order valence-corrected chi connectivity index (χ4v) is 4.83. The summed E-state index contributed by atoms with van der Waals surface area (Å²) in [7, 11) is 0. The third-order valence-electron chi connectivity index (χ3n) is 5.57. The molecule has 170 valence electrons. The number of ether oxygens (including phenoxy) is 1. The lowest BCUT2D eigenvalue weighted by atomic mass is 9.83. The number of hydrogen-bond donors (Lipinski definition) is 1. The summed E-state index contributed by atoms with van der Waals surface area (Å²) in [6, 6.07) is 19.8. The van der Waals surface area contributed by atoms with Gasteiger partial charge in [0.2, 0.25) is 5.78 Å². The van der Waals surface area contributed by atoms with Crippen LogP contribution in [0.5, 0.6) is 5.75 Å². The zero-order chi connectivity index (χ0) is 23.9. The minimum Gasteiger partial charge on any atom is -0.488 e. The predicted octanol–water partition coefficient (Wildman–Crippen LogP) is 6.27. The second-order valence-electron chi connectivity index (χ2n) is 7.68. The smallest absolute Gasteiger partial charge is 0.275 e. The first-order chi connectivity index (χ1) is 16.4. The highest BCUT2D eigenvalue weighted by molar-refractivity contribution is 7.15. The molecule has 1 unspecified atom stereocenters. The van der Waals surface area contributed by atoms with E-state index in [0.29, 0.717) is 11.3 Å². The topological polar surface area (TPSA) is 55.4 Å². The number of benzene rings is 3. The van der Waals surface area contributed by atoms with Crippen LogP contribution in [-0.2, 0) is 17.1 Å². The maximum Gasteiger partial charge on any atom is 0.275 e. The highest BCUT2D eigenvalue weighted by Crippen LogP contribution is 2.49. The Balaban J connectivity index is 1.62. The summed E-state index contributed by atoms with van der Waals surface area (Å²) >= 11 is 0.507. The summed E-state index contributed by atoms with van der Waals surface area (Å²) in [6.45, 7) is 0.0625. The van der Waals surface area contributed by atoms with Crippen LogP contribution in [0.25, 0.3) is 11.1 Å². The average molecular weight is 479 g/mol. The van der Waals surface area contributed by atoms with Crippen LogP contribution in [0.4, 0.5) is 18.2 Å². The van der Waals surface area contributed by atoms with E-state index >= 15 is 8.78 Å². The van der Waals surface area contributed by atoms with Gasteiger partial charge in [0.15, 0.2) is 5.13 Å². The zero-order valence-corrected chi connectivity index (χ0v) is 18.3. The van der Waals surface area contributed by atoms with Crippen LogP contribution >= 0.6 is 11.3 Å². The third kappa shape index (κ3) is 3.56. The van der Waals surface area contributed by atoms with Gasteiger partial charge >= 0.3 is 0 Å². The number of anilines is 1. The molecule has 5 rings (SSSR count). The Bertz CT molecular complexity index is 1410. The molecule has 0 aliphatic carbocycles. The normalized spacial score (nSPS) is 17.3. The number of alkyl halides is 1. The van der Waals surface area contributed by atoms with Gasteiger partial charge in [0.05, 0.1) is 5.56 Å². The van der Waals surface area contributed by atoms with E-state index < -0.39 is 28.3 Å². The molecule has 8 heteroatoms. The van der Waals surface area contributed by atoms with E-state index in [9.17, 15) is 14.0 Å². The minimum absolute atomic E-state index is 0.0165. The molecule has 0 spiro atoms. The van der Waals surface area contributed by atoms with E-state index in [4.69, 9.17) is 4.74 Å². The van der Waals surface area contributed by atoms with Crippen molar-refractivity contribution in [2.75, 3.05) is 5.32 Å². The first-order valence-electron chi connectivity index (χ1n) is 10.3. The van der Waals surface area contributed by atoms with Gasteiger partial charge in [-0.1, -0.05) is 72.0 Å². The minimum atomic E-state index is -3.04. The molecule has 4 nitrogen and oxygen atoms in total. The molecule has 0 fully saturated rings. The molecule has 0 bridgehead atoms. The van der Waals surface area contributed by atoms with Crippen molar-refractivity contribution in [2.45, 2.75) is 12.3 Å². The maximum absolute atomic E-state index is 16.0. The van der Waals surface area contributed by atoms with Crippen LogP contribution in [-0.4, -0.2) is 11.7 Å². The number of ketones is 1. The zero-order valence-electron chi connectivity index (χ0n) is 17.5. The summed E-state index contributed by atoms with van der Waals surface area (Å²) in [6.07, 6.45) is 0. The number of amides is 1. The molecular weight excluding hydrogens is 463 g/mol. The average Bonchev–Trinajstić information content (AvgIpc) is 3.17. The Morgan fingerprint density at radius 3 is 2.26 bits per heavy atom. The molecule has 4 aromatic rings. The van der Waals surface area contributed by atoms with Crippen LogP contribution < -0.4 is 10.1 Å². The van der Waals surface area contributed by atoms with Gasteiger partial charge in [-0.25, -0.2) is 8.78 Å². The van der Waals surface area contributed by atoms with Gasteiger partial charge in [0.25, 0.3) is 11.6 Å². The van der Waals surface area contributed by atoms with Crippen molar-refractivity contribution in [1.29, 1.82) is 0 Å². The Morgan fingerprint density at radius 1 is 0.882 bits per heavy atom. The fourth-order valence-electron chi connectivity index (χ4n) is 3.90. The van der Waals surface area contributed by atoms with Crippen molar-refractivity contribution in [3.63, 3.8) is 0 Å². The number of fused-ring (bicyclic) bond motifs is 1. The predicted molar refractivity (Wildman–Crippen MR) is 123 cm³/mol. The van der Waals surface area contributed by atoms with Crippen molar-refractivity contribution >= 4 is 28.0 Å². The lowest BCUT2D eigenvalue weighted by Crippen LogP contribution is -2.47. The second kappa shape index (κ2) is 8.46. The standard InChI is InChI=1S/C26H16F3NO3S/c27-17-11-12-18(19(13-17)33-14-15-7-3-1-4-8-15)20-21-22(31)26(29,16-9-5-2-6-10-16)25(32)30-24(21)34-23(20)28/h1-13H,14H2,(H,30,32). The summed E-state index contributed by atoms with van der Waals surface area (Å²) in [5.41, 5.74) is -2.90. The Kier molecular flexibility index (Phi) is 5.45. The van der Waals surface area contributed by atoms with Gasteiger partial charge in [-0.05, 0) is 17.7 Å². The number of carbonyl (C=O) groups is 2. The van der Waals surface area contributed by atoms with E-state index in [1.807, 2.05) is 30.3 Å². The van der Waals surface area contributed by atoms with E-state index in [1.54, 1.807) is 6.07 Å². The first-order valence-corrected chi connectivity index (χ1v) is 11.1.